The summed E-state index contributed by atoms with van der Waals surface area (Å²) in [4.78, 5) is 43.1. The van der Waals surface area contributed by atoms with Crippen molar-refractivity contribution in [1.82, 2.24) is 14.7 Å². The van der Waals surface area contributed by atoms with Crippen molar-refractivity contribution in [2.45, 2.75) is 31.7 Å². The summed E-state index contributed by atoms with van der Waals surface area (Å²) >= 11 is 0. The fraction of sp³-hybridized carbons (Fsp3) is 0.524. The van der Waals surface area contributed by atoms with E-state index in [9.17, 15) is 14.4 Å². The van der Waals surface area contributed by atoms with Gasteiger partial charge in [0.2, 0.25) is 5.91 Å². The fourth-order valence-electron chi connectivity index (χ4n) is 4.25. The number of nitrogens with zero attached hydrogens (tertiary/aromatic N) is 5. The van der Waals surface area contributed by atoms with Gasteiger partial charge in [0.1, 0.15) is 11.8 Å². The molecule has 0 aliphatic carbocycles. The predicted molar refractivity (Wildman–Crippen MR) is 113 cm³/mol. The lowest BCUT2D eigenvalue weighted by Gasteiger charge is -2.38. The van der Waals surface area contributed by atoms with Gasteiger partial charge in [-0.3, -0.25) is 14.6 Å². The Morgan fingerprint density at radius 2 is 1.43 bits per heavy atom. The number of carbonyl (C=O) groups is 3. The van der Waals surface area contributed by atoms with Crippen LogP contribution in [0.2, 0.25) is 0 Å². The molecule has 0 radical (unpaired) electrons. The van der Waals surface area contributed by atoms with E-state index in [4.69, 9.17) is 5.73 Å². The maximum Gasteiger partial charge on any atom is 0.320 e. The molecule has 0 saturated carbocycles. The molecule has 2 fully saturated rings. The van der Waals surface area contributed by atoms with Gasteiger partial charge in [-0.1, -0.05) is 18.2 Å². The minimum Gasteiger partial charge on any atom is -0.368 e. The third-order valence-corrected chi connectivity index (χ3v) is 5.97. The fourth-order valence-corrected chi connectivity index (χ4v) is 4.25. The Morgan fingerprint density at radius 3 is 2.07 bits per heavy atom. The molecule has 1 aromatic rings. The number of likely N-dealkylation sites (tertiary alicyclic amines) is 1. The Kier molecular flexibility index (Phi) is 5.87. The number of rotatable bonds is 3. The number of para-hydroxylation sites is 1. The molecule has 1 aromatic carbocycles. The van der Waals surface area contributed by atoms with E-state index >= 15 is 0 Å². The number of urea groups is 1. The molecule has 30 heavy (non-hydrogen) atoms. The zero-order valence-corrected chi connectivity index (χ0v) is 17.1. The van der Waals surface area contributed by atoms with Crippen LogP contribution in [0, 0.1) is 0 Å². The van der Waals surface area contributed by atoms with Gasteiger partial charge in [-0.25, -0.2) is 4.79 Å². The van der Waals surface area contributed by atoms with Gasteiger partial charge in [0.05, 0.1) is 5.69 Å². The Bertz CT molecular complexity index is 828. The number of piperazine rings is 1. The number of hydrogen-bond donors (Lipinski definition) is 1. The first kappa shape index (κ1) is 20.2. The summed E-state index contributed by atoms with van der Waals surface area (Å²) in [5.41, 5.74) is 6.62. The first-order valence-corrected chi connectivity index (χ1v) is 10.6. The second-order valence-electron chi connectivity index (χ2n) is 7.96. The van der Waals surface area contributed by atoms with Crippen molar-refractivity contribution in [3.63, 3.8) is 0 Å². The standard InChI is InChI=1S/C21H28N6O3/c22-19(28)18-15-17(23-27(18)16-7-3-1-4-8-16)20(29)24-11-13-26(14-12-24)21(30)25-9-5-2-6-10-25/h1,3-4,7-8,18H,2,5-6,9-15H2,(H2,22,28)/t18-/m0/s1. The van der Waals surface area contributed by atoms with Crippen LogP contribution in [0.3, 0.4) is 0 Å². The molecule has 0 aromatic heterocycles. The van der Waals surface area contributed by atoms with Crippen molar-refractivity contribution in [2.75, 3.05) is 44.3 Å². The number of amides is 4. The zero-order valence-electron chi connectivity index (χ0n) is 17.1. The van der Waals surface area contributed by atoms with E-state index < -0.39 is 11.9 Å². The van der Waals surface area contributed by atoms with Gasteiger partial charge in [0.25, 0.3) is 5.91 Å². The number of hydrogen-bond acceptors (Lipinski definition) is 5. The number of carbonyl (C=O) groups excluding carboxylic acids is 3. The van der Waals surface area contributed by atoms with Crippen LogP contribution >= 0.6 is 0 Å². The SMILES string of the molecule is NC(=O)[C@@H]1CC(C(=O)N2CCN(C(=O)N3CCCCC3)CC2)=NN1c1ccccc1. The monoisotopic (exact) mass is 412 g/mol. The van der Waals surface area contributed by atoms with Gasteiger partial charge in [-0.15, -0.1) is 0 Å². The lowest BCUT2D eigenvalue weighted by molar-refractivity contribution is -0.125. The van der Waals surface area contributed by atoms with Gasteiger partial charge in [-0.2, -0.15) is 5.10 Å². The van der Waals surface area contributed by atoms with Crippen LogP contribution in [0.4, 0.5) is 10.5 Å². The molecule has 4 amide bonds. The van der Waals surface area contributed by atoms with E-state index in [1.807, 2.05) is 40.1 Å². The summed E-state index contributed by atoms with van der Waals surface area (Å²) < 4.78 is 0. The van der Waals surface area contributed by atoms with Crippen LogP contribution in [0.15, 0.2) is 35.4 Å². The molecular formula is C21H28N6O3. The first-order chi connectivity index (χ1) is 14.5. The summed E-state index contributed by atoms with van der Waals surface area (Å²) in [6, 6.07) is 8.63. The molecule has 0 unspecified atom stereocenters. The van der Waals surface area contributed by atoms with E-state index in [2.05, 4.69) is 5.10 Å². The largest absolute Gasteiger partial charge is 0.368 e. The quantitative estimate of drug-likeness (QED) is 0.795. The molecule has 3 heterocycles. The molecule has 9 nitrogen and oxygen atoms in total. The summed E-state index contributed by atoms with van der Waals surface area (Å²) in [7, 11) is 0. The highest BCUT2D eigenvalue weighted by Crippen LogP contribution is 2.25. The Hall–Kier alpha value is -3.10. The van der Waals surface area contributed by atoms with Gasteiger partial charge < -0.3 is 20.4 Å². The van der Waals surface area contributed by atoms with Crippen LogP contribution in [0.25, 0.3) is 0 Å². The van der Waals surface area contributed by atoms with Crippen molar-refractivity contribution in [2.24, 2.45) is 10.8 Å². The van der Waals surface area contributed by atoms with Gasteiger partial charge >= 0.3 is 6.03 Å². The van der Waals surface area contributed by atoms with E-state index in [-0.39, 0.29) is 18.4 Å². The van der Waals surface area contributed by atoms with E-state index in [0.29, 0.717) is 31.9 Å². The van der Waals surface area contributed by atoms with Crippen molar-refractivity contribution in [3.8, 4) is 0 Å². The highest BCUT2D eigenvalue weighted by molar-refractivity contribution is 6.40. The van der Waals surface area contributed by atoms with Crippen molar-refractivity contribution in [1.29, 1.82) is 0 Å². The second kappa shape index (κ2) is 8.73. The van der Waals surface area contributed by atoms with E-state index in [0.717, 1.165) is 31.6 Å². The average molecular weight is 412 g/mol. The molecule has 3 aliphatic rings. The number of piperidine rings is 1. The molecule has 2 saturated heterocycles. The van der Waals surface area contributed by atoms with Crippen LogP contribution in [-0.4, -0.2) is 83.6 Å². The van der Waals surface area contributed by atoms with Crippen LogP contribution in [-0.2, 0) is 9.59 Å². The maximum absolute atomic E-state index is 13.0. The minimum absolute atomic E-state index is 0.0732. The Labute approximate surface area is 176 Å². The number of nitrogens with two attached hydrogens (primary N) is 1. The first-order valence-electron chi connectivity index (χ1n) is 10.6. The number of benzene rings is 1. The summed E-state index contributed by atoms with van der Waals surface area (Å²) in [5.74, 6) is -0.702. The molecule has 9 heteroatoms. The Balaban J connectivity index is 1.39. The number of anilines is 1. The third-order valence-electron chi connectivity index (χ3n) is 5.97. The van der Waals surface area contributed by atoms with Crippen LogP contribution in [0.1, 0.15) is 25.7 Å². The van der Waals surface area contributed by atoms with Crippen molar-refractivity contribution < 1.29 is 14.4 Å². The smallest absolute Gasteiger partial charge is 0.320 e. The zero-order chi connectivity index (χ0) is 21.1. The van der Waals surface area contributed by atoms with E-state index in [1.54, 1.807) is 4.90 Å². The van der Waals surface area contributed by atoms with Gasteiger partial charge in [-0.05, 0) is 31.4 Å². The molecule has 0 bridgehead atoms. The molecule has 1 atom stereocenters. The minimum atomic E-state index is -0.673. The summed E-state index contributed by atoms with van der Waals surface area (Å²) in [5, 5.41) is 5.97. The average Bonchev–Trinajstić information content (AvgIpc) is 3.25. The molecular weight excluding hydrogens is 384 g/mol. The lowest BCUT2D eigenvalue weighted by atomic mass is 10.1. The third kappa shape index (κ3) is 4.10. The molecule has 0 spiro atoms. The second-order valence-corrected chi connectivity index (χ2v) is 7.96. The summed E-state index contributed by atoms with van der Waals surface area (Å²) in [6.07, 6.45) is 3.49. The predicted octanol–water partition coefficient (Wildman–Crippen LogP) is 0.857. The number of primary amides is 1. The lowest BCUT2D eigenvalue weighted by Crippen LogP contribution is -2.55. The topological polar surface area (TPSA) is 103 Å². The summed E-state index contributed by atoms with van der Waals surface area (Å²) in [6.45, 7) is 3.58. The molecule has 4 rings (SSSR count). The van der Waals surface area contributed by atoms with E-state index in [1.165, 1.54) is 11.4 Å². The Morgan fingerprint density at radius 1 is 0.833 bits per heavy atom. The van der Waals surface area contributed by atoms with Gasteiger partial charge in [0.15, 0.2) is 0 Å². The molecule has 2 N–H and O–H groups in total. The highest BCUT2D eigenvalue weighted by Gasteiger charge is 2.37. The molecule has 160 valence electrons. The molecule has 3 aliphatic heterocycles. The number of hydrazone groups is 1. The normalized spacial score (nSPS) is 22.1. The highest BCUT2D eigenvalue weighted by atomic mass is 16.2. The van der Waals surface area contributed by atoms with Crippen LogP contribution in [0.5, 0.6) is 0 Å². The van der Waals surface area contributed by atoms with Crippen LogP contribution < -0.4 is 10.7 Å². The van der Waals surface area contributed by atoms with Crippen molar-refractivity contribution >= 4 is 29.2 Å². The van der Waals surface area contributed by atoms with Crippen molar-refractivity contribution in [3.05, 3.63) is 30.3 Å². The van der Waals surface area contributed by atoms with Gasteiger partial charge in [0, 0.05) is 45.7 Å². The maximum atomic E-state index is 13.0.